The van der Waals surface area contributed by atoms with Crippen LogP contribution in [0.2, 0.25) is 0 Å². The molecule has 1 aromatic heterocycles. The van der Waals surface area contributed by atoms with Crippen molar-refractivity contribution < 1.29 is 13.5 Å². The molecule has 0 radical (unpaired) electrons. The van der Waals surface area contributed by atoms with Gasteiger partial charge in [-0.25, -0.2) is 13.1 Å². The van der Waals surface area contributed by atoms with E-state index in [2.05, 4.69) is 27.6 Å². The molecule has 0 fully saturated rings. The first-order valence-corrected chi connectivity index (χ1v) is 8.49. The minimum absolute atomic E-state index is 0.144. The lowest BCUT2D eigenvalue weighted by atomic mass is 10.3. The Kier molecular flexibility index (Phi) is 6.08. The van der Waals surface area contributed by atoms with Crippen LogP contribution in [0, 0.1) is 0 Å². The van der Waals surface area contributed by atoms with Crippen LogP contribution in [0.1, 0.15) is 31.1 Å². The second-order valence-electron chi connectivity index (χ2n) is 3.61. The number of unbranched alkanes of at least 4 members (excludes halogenated alkanes) is 2. The first kappa shape index (κ1) is 15.1. The number of hydrogen-bond donors (Lipinski definition) is 2. The molecule has 1 rings (SSSR count). The van der Waals surface area contributed by atoms with Crippen molar-refractivity contribution >= 4 is 37.3 Å². The second kappa shape index (κ2) is 6.84. The number of halogens is 1. The maximum atomic E-state index is 11.9. The van der Waals surface area contributed by atoms with Gasteiger partial charge in [-0.2, -0.15) is 0 Å². The van der Waals surface area contributed by atoms with Gasteiger partial charge in [-0.1, -0.05) is 19.8 Å². The van der Waals surface area contributed by atoms with E-state index < -0.39 is 10.0 Å². The largest absolute Gasteiger partial charge is 0.391 e. The summed E-state index contributed by atoms with van der Waals surface area (Å²) in [4.78, 5) is 0.842. The Morgan fingerprint density at radius 3 is 2.71 bits per heavy atom. The highest BCUT2D eigenvalue weighted by Gasteiger charge is 2.19. The standard InChI is InChI=1S/C10H16BrNO3S2/c1-2-3-4-5-12-17(14,15)9-6-8(7-13)16-10(9)11/h6,12-13H,2-5,7H2,1H3. The summed E-state index contributed by atoms with van der Waals surface area (Å²) in [6, 6.07) is 1.50. The molecule has 0 spiro atoms. The summed E-state index contributed by atoms with van der Waals surface area (Å²) in [6.07, 6.45) is 2.90. The number of thiophene rings is 1. The maximum absolute atomic E-state index is 11.9. The van der Waals surface area contributed by atoms with Gasteiger partial charge in [-0.15, -0.1) is 11.3 Å². The molecule has 0 aliphatic heterocycles. The van der Waals surface area contributed by atoms with E-state index in [1.165, 1.54) is 17.4 Å². The van der Waals surface area contributed by atoms with Crippen LogP contribution in [0.15, 0.2) is 14.7 Å². The predicted octanol–water partition coefficient (Wildman–Crippen LogP) is 2.47. The van der Waals surface area contributed by atoms with E-state index in [0.29, 0.717) is 15.2 Å². The van der Waals surface area contributed by atoms with E-state index >= 15 is 0 Å². The van der Waals surface area contributed by atoms with Crippen LogP contribution < -0.4 is 4.72 Å². The molecule has 0 aliphatic rings. The van der Waals surface area contributed by atoms with Gasteiger partial charge in [0, 0.05) is 11.4 Å². The molecule has 0 unspecified atom stereocenters. The zero-order chi connectivity index (χ0) is 12.9. The van der Waals surface area contributed by atoms with Gasteiger partial charge in [-0.3, -0.25) is 0 Å². The molecule has 0 amide bonds. The number of sulfonamides is 1. The Bertz CT molecular complexity index is 456. The van der Waals surface area contributed by atoms with E-state index in [1.54, 1.807) is 0 Å². The SMILES string of the molecule is CCCCCNS(=O)(=O)c1cc(CO)sc1Br. The average molecular weight is 342 g/mol. The van der Waals surface area contributed by atoms with Crippen LogP contribution in [-0.4, -0.2) is 20.1 Å². The Balaban J connectivity index is 2.72. The molecule has 4 nitrogen and oxygen atoms in total. The van der Waals surface area contributed by atoms with E-state index in [-0.39, 0.29) is 11.5 Å². The topological polar surface area (TPSA) is 66.4 Å². The third-order valence-corrected chi connectivity index (χ3v) is 5.92. The highest BCUT2D eigenvalue weighted by atomic mass is 79.9. The third-order valence-electron chi connectivity index (χ3n) is 2.22. The second-order valence-corrected chi connectivity index (χ2v) is 7.80. The molecule has 17 heavy (non-hydrogen) atoms. The molecule has 0 aromatic carbocycles. The molecular weight excluding hydrogens is 326 g/mol. The van der Waals surface area contributed by atoms with E-state index in [0.717, 1.165) is 19.3 Å². The van der Waals surface area contributed by atoms with Crippen LogP contribution in [0.3, 0.4) is 0 Å². The molecular formula is C10H16BrNO3S2. The number of hydrogen-bond acceptors (Lipinski definition) is 4. The molecule has 0 atom stereocenters. The molecule has 1 aromatic rings. The highest BCUT2D eigenvalue weighted by molar-refractivity contribution is 9.11. The van der Waals surface area contributed by atoms with Crippen molar-refractivity contribution in [3.63, 3.8) is 0 Å². The fraction of sp³-hybridized carbons (Fsp3) is 0.600. The zero-order valence-electron chi connectivity index (χ0n) is 9.57. The number of nitrogens with one attached hydrogen (secondary N) is 1. The van der Waals surface area contributed by atoms with Gasteiger partial charge in [0.25, 0.3) is 0 Å². The Morgan fingerprint density at radius 1 is 1.47 bits per heavy atom. The normalized spacial score (nSPS) is 11.9. The van der Waals surface area contributed by atoms with Gasteiger partial charge >= 0.3 is 0 Å². The van der Waals surface area contributed by atoms with E-state index in [1.807, 2.05) is 0 Å². The van der Waals surface area contributed by atoms with Gasteiger partial charge in [-0.05, 0) is 28.4 Å². The molecule has 0 bridgehead atoms. The van der Waals surface area contributed by atoms with Crippen molar-refractivity contribution in [2.75, 3.05) is 6.54 Å². The van der Waals surface area contributed by atoms with Crippen molar-refractivity contribution in [2.45, 2.75) is 37.7 Å². The summed E-state index contributed by atoms with van der Waals surface area (Å²) in [7, 11) is -3.46. The van der Waals surface area contributed by atoms with Crippen molar-refractivity contribution in [2.24, 2.45) is 0 Å². The molecule has 0 saturated heterocycles. The van der Waals surface area contributed by atoms with Crippen molar-refractivity contribution in [3.05, 3.63) is 14.7 Å². The molecule has 7 heteroatoms. The summed E-state index contributed by atoms with van der Waals surface area (Å²) in [5.41, 5.74) is 0. The van der Waals surface area contributed by atoms with Crippen LogP contribution >= 0.6 is 27.3 Å². The quantitative estimate of drug-likeness (QED) is 0.748. The molecule has 2 N–H and O–H groups in total. The van der Waals surface area contributed by atoms with Gasteiger partial charge in [0.05, 0.1) is 10.4 Å². The predicted molar refractivity (Wildman–Crippen MR) is 72.7 cm³/mol. The third kappa shape index (κ3) is 4.33. The zero-order valence-corrected chi connectivity index (χ0v) is 12.8. The molecule has 98 valence electrons. The monoisotopic (exact) mass is 341 g/mol. The van der Waals surface area contributed by atoms with Crippen LogP contribution in [0.4, 0.5) is 0 Å². The first-order chi connectivity index (χ1) is 8.01. The number of aliphatic hydroxyl groups excluding tert-OH is 1. The minimum Gasteiger partial charge on any atom is -0.391 e. The van der Waals surface area contributed by atoms with Crippen LogP contribution in [0.25, 0.3) is 0 Å². The summed E-state index contributed by atoms with van der Waals surface area (Å²) >= 11 is 4.44. The van der Waals surface area contributed by atoms with Crippen LogP contribution in [0.5, 0.6) is 0 Å². The number of aliphatic hydroxyl groups is 1. The fourth-order valence-electron chi connectivity index (χ4n) is 1.32. The first-order valence-electron chi connectivity index (χ1n) is 5.40. The summed E-state index contributed by atoms with van der Waals surface area (Å²) < 4.78 is 26.9. The van der Waals surface area contributed by atoms with Gasteiger partial charge in [0.15, 0.2) is 0 Å². The smallest absolute Gasteiger partial charge is 0.242 e. The minimum atomic E-state index is -3.46. The van der Waals surface area contributed by atoms with Gasteiger partial charge in [0.2, 0.25) is 10.0 Å². The maximum Gasteiger partial charge on any atom is 0.242 e. The summed E-state index contributed by atoms with van der Waals surface area (Å²) in [5, 5.41) is 8.96. The van der Waals surface area contributed by atoms with Crippen LogP contribution in [-0.2, 0) is 16.6 Å². The van der Waals surface area contributed by atoms with E-state index in [9.17, 15) is 8.42 Å². The van der Waals surface area contributed by atoms with E-state index in [4.69, 9.17) is 5.11 Å². The number of rotatable bonds is 7. The lowest BCUT2D eigenvalue weighted by Gasteiger charge is -2.04. The molecule has 1 heterocycles. The van der Waals surface area contributed by atoms with Gasteiger partial charge in [0.1, 0.15) is 4.90 Å². The summed E-state index contributed by atoms with van der Waals surface area (Å²) in [6.45, 7) is 2.37. The lowest BCUT2D eigenvalue weighted by molar-refractivity contribution is 0.285. The molecule has 0 aliphatic carbocycles. The fourth-order valence-corrected chi connectivity index (χ4v) is 4.93. The van der Waals surface area contributed by atoms with Crippen molar-refractivity contribution in [1.29, 1.82) is 0 Å². The average Bonchev–Trinajstić information content (AvgIpc) is 2.67. The Hall–Kier alpha value is 0.0500. The lowest BCUT2D eigenvalue weighted by Crippen LogP contribution is -2.24. The summed E-state index contributed by atoms with van der Waals surface area (Å²) in [5.74, 6) is 0. The van der Waals surface area contributed by atoms with Gasteiger partial charge < -0.3 is 5.11 Å². The van der Waals surface area contributed by atoms with Crippen molar-refractivity contribution in [1.82, 2.24) is 4.72 Å². The molecule has 0 saturated carbocycles. The highest BCUT2D eigenvalue weighted by Crippen LogP contribution is 2.31. The Morgan fingerprint density at radius 2 is 2.18 bits per heavy atom. The van der Waals surface area contributed by atoms with Crippen molar-refractivity contribution in [3.8, 4) is 0 Å². The Labute approximate surface area is 114 Å².